The van der Waals surface area contributed by atoms with Crippen LogP contribution in [0.4, 0.5) is 16.3 Å². The minimum absolute atomic E-state index is 0.0372. The number of carbonyl (C=O) groups is 1. The number of carbonyl (C=O) groups excluding carboxylic acids is 1. The first kappa shape index (κ1) is 12.0. The number of nitrogens with zero attached hydrogens (tertiary/aromatic N) is 2. The van der Waals surface area contributed by atoms with Gasteiger partial charge in [-0.1, -0.05) is 6.07 Å². The highest BCUT2D eigenvalue weighted by Crippen LogP contribution is 2.23. The Kier molecular flexibility index (Phi) is 3.18. The quantitative estimate of drug-likeness (QED) is 0.710. The van der Waals surface area contributed by atoms with Crippen molar-refractivity contribution < 1.29 is 9.90 Å². The molecule has 18 heavy (non-hydrogen) atoms. The van der Waals surface area contributed by atoms with E-state index in [0.717, 1.165) is 5.56 Å². The smallest absolute Gasteiger partial charge is 0.324 e. The summed E-state index contributed by atoms with van der Waals surface area (Å²) in [4.78, 5) is 11.7. The molecule has 0 radical (unpaired) electrons. The molecule has 0 saturated carbocycles. The molecule has 2 amide bonds. The van der Waals surface area contributed by atoms with Gasteiger partial charge in [-0.3, -0.25) is 10.00 Å². The van der Waals surface area contributed by atoms with Crippen LogP contribution in [0.15, 0.2) is 30.5 Å². The molecule has 0 aliphatic heterocycles. The molecule has 0 aliphatic rings. The number of hydrogen-bond acceptors (Lipinski definition) is 3. The molecule has 3 N–H and O–H groups in total. The van der Waals surface area contributed by atoms with Gasteiger partial charge in [0.1, 0.15) is 11.6 Å². The molecule has 0 bridgehead atoms. The van der Waals surface area contributed by atoms with Crippen molar-refractivity contribution in [1.82, 2.24) is 9.78 Å². The standard InChI is InChI=1S/C12H14N4O2/c1-8-3-4-9(10(17)7-8)14-12(18)15-11-5-6-13-16(11)2/h3-7,17H,1-2H3,(H2,14,15,18). The summed E-state index contributed by atoms with van der Waals surface area (Å²) in [5.41, 5.74) is 1.28. The van der Waals surface area contributed by atoms with Crippen molar-refractivity contribution >= 4 is 17.5 Å². The predicted octanol–water partition coefficient (Wildman–Crippen LogP) is 2.08. The van der Waals surface area contributed by atoms with E-state index in [-0.39, 0.29) is 5.75 Å². The van der Waals surface area contributed by atoms with Gasteiger partial charge < -0.3 is 10.4 Å². The number of benzene rings is 1. The van der Waals surface area contributed by atoms with E-state index >= 15 is 0 Å². The summed E-state index contributed by atoms with van der Waals surface area (Å²) in [5, 5.41) is 18.8. The van der Waals surface area contributed by atoms with Gasteiger partial charge >= 0.3 is 6.03 Å². The number of anilines is 2. The second-order valence-electron chi connectivity index (χ2n) is 3.94. The molecule has 0 fully saturated rings. The van der Waals surface area contributed by atoms with Gasteiger partial charge in [-0.15, -0.1) is 0 Å². The van der Waals surface area contributed by atoms with Crippen molar-refractivity contribution in [3.05, 3.63) is 36.0 Å². The average molecular weight is 246 g/mol. The summed E-state index contributed by atoms with van der Waals surface area (Å²) in [7, 11) is 1.72. The van der Waals surface area contributed by atoms with Crippen LogP contribution in [-0.2, 0) is 7.05 Å². The average Bonchev–Trinajstić information content (AvgIpc) is 2.69. The molecule has 6 nitrogen and oxygen atoms in total. The maximum atomic E-state index is 11.7. The van der Waals surface area contributed by atoms with Crippen molar-refractivity contribution in [2.45, 2.75) is 6.92 Å². The normalized spacial score (nSPS) is 10.1. The number of urea groups is 1. The molecule has 1 aromatic heterocycles. The Morgan fingerprint density at radius 3 is 2.72 bits per heavy atom. The van der Waals surface area contributed by atoms with E-state index in [4.69, 9.17) is 0 Å². The third-order valence-electron chi connectivity index (χ3n) is 2.46. The van der Waals surface area contributed by atoms with Gasteiger partial charge in [0.15, 0.2) is 0 Å². The Balaban J connectivity index is 2.05. The molecular weight excluding hydrogens is 232 g/mol. The summed E-state index contributed by atoms with van der Waals surface area (Å²) >= 11 is 0. The Morgan fingerprint density at radius 2 is 2.11 bits per heavy atom. The summed E-state index contributed by atoms with van der Waals surface area (Å²) in [5.74, 6) is 0.606. The number of phenolic OH excluding ortho intramolecular Hbond substituents is 1. The molecule has 0 spiro atoms. The number of rotatable bonds is 2. The monoisotopic (exact) mass is 246 g/mol. The zero-order valence-corrected chi connectivity index (χ0v) is 10.1. The largest absolute Gasteiger partial charge is 0.506 e. The highest BCUT2D eigenvalue weighted by molar-refractivity contribution is 6.00. The molecule has 0 aliphatic carbocycles. The summed E-state index contributed by atoms with van der Waals surface area (Å²) in [6.45, 7) is 1.86. The molecule has 2 rings (SSSR count). The number of amides is 2. The van der Waals surface area contributed by atoms with Gasteiger partial charge in [-0.25, -0.2) is 4.79 Å². The minimum Gasteiger partial charge on any atom is -0.506 e. The number of nitrogens with one attached hydrogen (secondary N) is 2. The Hall–Kier alpha value is -2.50. The fourth-order valence-corrected chi connectivity index (χ4v) is 1.51. The van der Waals surface area contributed by atoms with Gasteiger partial charge in [0.2, 0.25) is 0 Å². The molecule has 0 saturated heterocycles. The molecule has 0 atom stereocenters. The lowest BCUT2D eigenvalue weighted by molar-refractivity contribution is 0.262. The van der Waals surface area contributed by atoms with Crippen LogP contribution in [-0.4, -0.2) is 20.9 Å². The third kappa shape index (κ3) is 2.60. The van der Waals surface area contributed by atoms with Gasteiger partial charge in [0, 0.05) is 13.1 Å². The van der Waals surface area contributed by atoms with Crippen LogP contribution in [0.25, 0.3) is 0 Å². The maximum absolute atomic E-state index is 11.7. The van der Waals surface area contributed by atoms with Crippen LogP contribution in [0, 0.1) is 6.92 Å². The Bertz CT molecular complexity index is 577. The van der Waals surface area contributed by atoms with E-state index in [2.05, 4.69) is 15.7 Å². The van der Waals surface area contributed by atoms with Crippen LogP contribution in [0.1, 0.15) is 5.56 Å². The number of aromatic nitrogens is 2. The van der Waals surface area contributed by atoms with Crippen molar-refractivity contribution in [3.63, 3.8) is 0 Å². The van der Waals surface area contributed by atoms with Crippen molar-refractivity contribution in [2.24, 2.45) is 7.05 Å². The van der Waals surface area contributed by atoms with Crippen molar-refractivity contribution in [2.75, 3.05) is 10.6 Å². The van der Waals surface area contributed by atoms with Crippen LogP contribution in [0.3, 0.4) is 0 Å². The van der Waals surface area contributed by atoms with E-state index in [1.165, 1.54) is 4.68 Å². The summed E-state index contributed by atoms with van der Waals surface area (Å²) in [6, 6.07) is 6.28. The Morgan fingerprint density at radius 1 is 1.33 bits per heavy atom. The van der Waals surface area contributed by atoms with Crippen LogP contribution >= 0.6 is 0 Å². The molecule has 94 valence electrons. The van der Waals surface area contributed by atoms with E-state index in [9.17, 15) is 9.90 Å². The van der Waals surface area contributed by atoms with E-state index in [1.54, 1.807) is 37.5 Å². The van der Waals surface area contributed by atoms with Crippen LogP contribution in [0.5, 0.6) is 5.75 Å². The number of aryl methyl sites for hydroxylation is 2. The molecule has 0 unspecified atom stereocenters. The Labute approximate surface area is 104 Å². The van der Waals surface area contributed by atoms with Crippen molar-refractivity contribution in [1.29, 1.82) is 0 Å². The number of hydrogen-bond donors (Lipinski definition) is 3. The lowest BCUT2D eigenvalue weighted by Gasteiger charge is -2.09. The van der Waals surface area contributed by atoms with Crippen LogP contribution in [0.2, 0.25) is 0 Å². The topological polar surface area (TPSA) is 79.2 Å². The SMILES string of the molecule is Cc1ccc(NC(=O)Nc2ccnn2C)c(O)c1. The maximum Gasteiger partial charge on any atom is 0.324 e. The highest BCUT2D eigenvalue weighted by Gasteiger charge is 2.08. The van der Waals surface area contributed by atoms with E-state index < -0.39 is 6.03 Å². The van der Waals surface area contributed by atoms with Crippen LogP contribution < -0.4 is 10.6 Å². The number of phenols is 1. The zero-order chi connectivity index (χ0) is 13.1. The van der Waals surface area contributed by atoms with E-state index in [1.807, 2.05) is 6.92 Å². The van der Waals surface area contributed by atoms with Gasteiger partial charge in [-0.05, 0) is 24.6 Å². The summed E-state index contributed by atoms with van der Waals surface area (Å²) in [6.07, 6.45) is 1.58. The predicted molar refractivity (Wildman–Crippen MR) is 68.7 cm³/mol. The number of aromatic hydroxyl groups is 1. The molecule has 2 aromatic rings. The lowest BCUT2D eigenvalue weighted by atomic mass is 10.2. The molecular formula is C12H14N4O2. The second kappa shape index (κ2) is 4.79. The fraction of sp³-hybridized carbons (Fsp3) is 0.167. The molecule has 6 heteroatoms. The first-order valence-electron chi connectivity index (χ1n) is 5.42. The van der Waals surface area contributed by atoms with Gasteiger partial charge in [-0.2, -0.15) is 5.10 Å². The van der Waals surface area contributed by atoms with Gasteiger partial charge in [0.05, 0.1) is 11.9 Å². The lowest BCUT2D eigenvalue weighted by Crippen LogP contribution is -2.21. The molecule has 1 heterocycles. The first-order valence-corrected chi connectivity index (χ1v) is 5.42. The summed E-state index contributed by atoms with van der Waals surface area (Å²) < 4.78 is 1.54. The van der Waals surface area contributed by atoms with Crippen molar-refractivity contribution in [3.8, 4) is 5.75 Å². The van der Waals surface area contributed by atoms with Gasteiger partial charge in [0.25, 0.3) is 0 Å². The fourth-order valence-electron chi connectivity index (χ4n) is 1.51. The third-order valence-corrected chi connectivity index (χ3v) is 2.46. The zero-order valence-electron chi connectivity index (χ0n) is 10.1. The molecule has 1 aromatic carbocycles. The highest BCUT2D eigenvalue weighted by atomic mass is 16.3. The second-order valence-corrected chi connectivity index (χ2v) is 3.94. The van der Waals surface area contributed by atoms with E-state index in [0.29, 0.717) is 11.5 Å². The minimum atomic E-state index is -0.433. The first-order chi connectivity index (χ1) is 8.56.